The molecule has 0 rings (SSSR count). The number of carboxylic acids is 2. The number of carbonyl (C=O) groups is 3. The minimum atomic E-state index is -1.49. The fourth-order valence-corrected chi connectivity index (χ4v) is 1.36. The molecule has 0 aliphatic rings. The monoisotopic (exact) mass is 276 g/mol. The van der Waals surface area contributed by atoms with Crippen molar-refractivity contribution >= 4 is 17.9 Å². The molecule has 0 aromatic heterocycles. The Morgan fingerprint density at radius 3 is 1.78 bits per heavy atom. The standard InChI is InChI=1S/C10H16O6.2Na/c1-5(16-7(3)11)4-8(10(14)15)6(2)9(12)13;;/h5-6,8H,4H2,1-3H3,(H,12,13)(H,14,15);;/q;2*+1/p-2. The van der Waals surface area contributed by atoms with Gasteiger partial charge in [0.15, 0.2) is 0 Å². The average molecular weight is 276 g/mol. The molecule has 0 amide bonds. The van der Waals surface area contributed by atoms with Gasteiger partial charge in [-0.1, -0.05) is 6.92 Å². The number of rotatable bonds is 6. The van der Waals surface area contributed by atoms with Gasteiger partial charge in [-0.3, -0.25) is 4.79 Å². The van der Waals surface area contributed by atoms with Crippen LogP contribution >= 0.6 is 0 Å². The van der Waals surface area contributed by atoms with Crippen molar-refractivity contribution in [2.24, 2.45) is 11.8 Å². The predicted molar refractivity (Wildman–Crippen MR) is 48.5 cm³/mol. The first kappa shape index (κ1) is 23.5. The summed E-state index contributed by atoms with van der Waals surface area (Å²) in [5.41, 5.74) is 0. The van der Waals surface area contributed by atoms with E-state index in [4.69, 9.17) is 4.74 Å². The Balaban J connectivity index is -0.00000112. The maximum Gasteiger partial charge on any atom is 1.00 e. The van der Waals surface area contributed by atoms with Gasteiger partial charge in [0, 0.05) is 30.7 Å². The number of ether oxygens (including phenoxy) is 1. The Hall–Kier alpha value is 0.410. The van der Waals surface area contributed by atoms with Gasteiger partial charge < -0.3 is 24.5 Å². The second-order valence-electron chi connectivity index (χ2n) is 3.69. The van der Waals surface area contributed by atoms with Crippen molar-refractivity contribution < 1.29 is 88.4 Å². The van der Waals surface area contributed by atoms with Crippen LogP contribution in [-0.4, -0.2) is 24.0 Å². The summed E-state index contributed by atoms with van der Waals surface area (Å²) < 4.78 is 4.72. The zero-order valence-corrected chi connectivity index (χ0v) is 15.4. The number of aliphatic carboxylic acids is 2. The SMILES string of the molecule is CC(=O)OC(C)CC(C(=O)[O-])C(C)C(=O)[O-].[Na+].[Na+]. The van der Waals surface area contributed by atoms with Crippen LogP contribution < -0.4 is 69.3 Å². The van der Waals surface area contributed by atoms with Crippen molar-refractivity contribution in [1.82, 2.24) is 0 Å². The van der Waals surface area contributed by atoms with E-state index in [2.05, 4.69) is 0 Å². The molecule has 0 aromatic rings. The van der Waals surface area contributed by atoms with Gasteiger partial charge in [0.2, 0.25) is 0 Å². The van der Waals surface area contributed by atoms with Crippen LogP contribution in [0.3, 0.4) is 0 Å². The van der Waals surface area contributed by atoms with Crippen LogP contribution in [0.15, 0.2) is 0 Å². The number of carbonyl (C=O) groups excluding carboxylic acids is 3. The molecule has 92 valence electrons. The molecule has 0 aliphatic heterocycles. The van der Waals surface area contributed by atoms with E-state index >= 15 is 0 Å². The molecule has 0 aromatic carbocycles. The molecule has 0 N–H and O–H groups in total. The Bertz CT molecular complexity index is 294. The zero-order chi connectivity index (χ0) is 12.9. The molecule has 0 fully saturated rings. The third-order valence-electron chi connectivity index (χ3n) is 2.23. The van der Waals surface area contributed by atoms with Gasteiger partial charge in [-0.15, -0.1) is 0 Å². The largest absolute Gasteiger partial charge is 1.00 e. The minimum absolute atomic E-state index is 0. The average Bonchev–Trinajstić information content (AvgIpc) is 2.11. The van der Waals surface area contributed by atoms with Crippen LogP contribution in [0.5, 0.6) is 0 Å². The van der Waals surface area contributed by atoms with Gasteiger partial charge in [0.25, 0.3) is 0 Å². The summed E-state index contributed by atoms with van der Waals surface area (Å²) >= 11 is 0. The van der Waals surface area contributed by atoms with Gasteiger partial charge in [-0.05, 0) is 13.3 Å². The van der Waals surface area contributed by atoms with E-state index in [9.17, 15) is 24.6 Å². The van der Waals surface area contributed by atoms with Crippen molar-refractivity contribution in [2.45, 2.75) is 33.3 Å². The molecule has 0 spiro atoms. The molecule has 18 heavy (non-hydrogen) atoms. The summed E-state index contributed by atoms with van der Waals surface area (Å²) in [5, 5.41) is 21.3. The Labute approximate surface area is 150 Å². The van der Waals surface area contributed by atoms with Crippen LogP contribution in [0.25, 0.3) is 0 Å². The van der Waals surface area contributed by atoms with E-state index in [0.717, 1.165) is 0 Å². The van der Waals surface area contributed by atoms with Crippen molar-refractivity contribution in [3.8, 4) is 0 Å². The molecule has 8 heteroatoms. The van der Waals surface area contributed by atoms with Gasteiger partial charge in [0.05, 0.1) is 6.10 Å². The van der Waals surface area contributed by atoms with Gasteiger partial charge in [-0.25, -0.2) is 0 Å². The summed E-state index contributed by atoms with van der Waals surface area (Å²) in [6.07, 6.45) is -0.793. The number of hydrogen-bond acceptors (Lipinski definition) is 6. The molecule has 0 bridgehead atoms. The minimum Gasteiger partial charge on any atom is -0.550 e. The molecule has 3 atom stereocenters. The van der Waals surface area contributed by atoms with Gasteiger partial charge >= 0.3 is 65.1 Å². The van der Waals surface area contributed by atoms with Crippen molar-refractivity contribution in [2.75, 3.05) is 0 Å². The third-order valence-corrected chi connectivity index (χ3v) is 2.23. The maximum absolute atomic E-state index is 10.7. The fourth-order valence-electron chi connectivity index (χ4n) is 1.36. The van der Waals surface area contributed by atoms with Crippen LogP contribution in [-0.2, 0) is 19.1 Å². The normalized spacial score (nSPS) is 14.2. The Morgan fingerprint density at radius 1 is 1.06 bits per heavy atom. The molecule has 6 nitrogen and oxygen atoms in total. The smallest absolute Gasteiger partial charge is 0.550 e. The quantitative estimate of drug-likeness (QED) is 0.352. The molecule has 0 saturated heterocycles. The second kappa shape index (κ2) is 11.3. The van der Waals surface area contributed by atoms with E-state index in [-0.39, 0.29) is 65.5 Å². The van der Waals surface area contributed by atoms with E-state index in [1.165, 1.54) is 20.8 Å². The Morgan fingerprint density at radius 2 is 1.50 bits per heavy atom. The number of carboxylic acid groups (broad SMARTS) is 2. The first-order chi connectivity index (χ1) is 7.25. The summed E-state index contributed by atoms with van der Waals surface area (Å²) in [6.45, 7) is 3.89. The summed E-state index contributed by atoms with van der Waals surface area (Å²) in [7, 11) is 0. The van der Waals surface area contributed by atoms with Crippen LogP contribution in [0.4, 0.5) is 0 Å². The topological polar surface area (TPSA) is 107 Å². The molecule has 0 saturated carbocycles. The molecule has 0 aliphatic carbocycles. The number of esters is 1. The summed E-state index contributed by atoms with van der Waals surface area (Å²) in [6, 6.07) is 0. The van der Waals surface area contributed by atoms with Crippen molar-refractivity contribution in [1.29, 1.82) is 0 Å². The molecule has 0 heterocycles. The fraction of sp³-hybridized carbons (Fsp3) is 0.700. The third kappa shape index (κ3) is 9.35. The van der Waals surface area contributed by atoms with Crippen LogP contribution in [0.1, 0.15) is 27.2 Å². The first-order valence-corrected chi connectivity index (χ1v) is 4.84. The van der Waals surface area contributed by atoms with Crippen LogP contribution in [0, 0.1) is 11.8 Å². The predicted octanol–water partition coefficient (Wildman–Crippen LogP) is -7.91. The summed E-state index contributed by atoms with van der Waals surface area (Å²) in [4.78, 5) is 31.9. The van der Waals surface area contributed by atoms with Crippen molar-refractivity contribution in [3.05, 3.63) is 0 Å². The Kier molecular flexibility index (Phi) is 14.7. The van der Waals surface area contributed by atoms with Gasteiger partial charge in [-0.2, -0.15) is 0 Å². The van der Waals surface area contributed by atoms with E-state index in [0.29, 0.717) is 0 Å². The number of hydrogen-bond donors (Lipinski definition) is 0. The molecule has 0 radical (unpaired) electrons. The maximum atomic E-state index is 10.7. The zero-order valence-electron chi connectivity index (χ0n) is 11.4. The van der Waals surface area contributed by atoms with Crippen LogP contribution in [0.2, 0.25) is 0 Å². The second-order valence-corrected chi connectivity index (χ2v) is 3.69. The first-order valence-electron chi connectivity index (χ1n) is 4.84. The molecule has 3 unspecified atom stereocenters. The van der Waals surface area contributed by atoms with Crippen molar-refractivity contribution in [3.63, 3.8) is 0 Å². The van der Waals surface area contributed by atoms with E-state index in [1.54, 1.807) is 0 Å². The van der Waals surface area contributed by atoms with E-state index < -0.39 is 35.8 Å². The van der Waals surface area contributed by atoms with Gasteiger partial charge in [0.1, 0.15) is 0 Å². The molecular formula is C10H14Na2O6. The summed E-state index contributed by atoms with van der Waals surface area (Å²) in [5.74, 6) is -5.94. The van der Waals surface area contributed by atoms with E-state index in [1.807, 2.05) is 0 Å². The molecular weight excluding hydrogens is 262 g/mol.